The van der Waals surface area contributed by atoms with E-state index in [4.69, 9.17) is 10.7 Å². The Morgan fingerprint density at radius 3 is 2.69 bits per heavy atom. The Morgan fingerprint density at radius 1 is 1.23 bits per heavy atom. The van der Waals surface area contributed by atoms with Crippen LogP contribution in [0.3, 0.4) is 0 Å². The number of carbonyl (C=O) groups is 1. The van der Waals surface area contributed by atoms with E-state index in [2.05, 4.69) is 15.2 Å². The maximum absolute atomic E-state index is 12.3. The minimum atomic E-state index is -0.213. The van der Waals surface area contributed by atoms with Gasteiger partial charge in [0.15, 0.2) is 5.13 Å². The molecule has 6 nitrogen and oxygen atoms in total. The lowest BCUT2D eigenvalue weighted by atomic mass is 10.3. The molecule has 0 saturated carbocycles. The number of fused-ring (bicyclic) bond motifs is 1. The van der Waals surface area contributed by atoms with E-state index in [1.807, 2.05) is 18.2 Å². The second-order valence-electron chi connectivity index (χ2n) is 5.66. The minimum Gasteiger partial charge on any atom is -0.348 e. The van der Waals surface area contributed by atoms with Crippen LogP contribution in [0.2, 0.25) is 0 Å². The molecule has 3 heterocycles. The molecule has 1 aliphatic rings. The Labute approximate surface area is 171 Å². The molecular formula is C16H19Cl2N5OS2. The maximum Gasteiger partial charge on any atom is 0.275 e. The Morgan fingerprint density at radius 2 is 2.00 bits per heavy atom. The number of aromatic nitrogens is 2. The van der Waals surface area contributed by atoms with E-state index in [0.717, 1.165) is 39.1 Å². The van der Waals surface area contributed by atoms with Crippen LogP contribution in [0.15, 0.2) is 23.6 Å². The summed E-state index contributed by atoms with van der Waals surface area (Å²) in [7, 11) is 0. The fourth-order valence-electron chi connectivity index (χ4n) is 2.74. The largest absolute Gasteiger partial charge is 0.348 e. The number of nitrogens with one attached hydrogen (secondary N) is 1. The summed E-state index contributed by atoms with van der Waals surface area (Å²) in [6.45, 7) is 2.51. The summed E-state index contributed by atoms with van der Waals surface area (Å²) in [6, 6.07) is 5.80. The molecule has 0 spiro atoms. The van der Waals surface area contributed by atoms with Gasteiger partial charge in [-0.15, -0.1) is 36.2 Å². The van der Waals surface area contributed by atoms with Gasteiger partial charge in [-0.05, 0) is 31.0 Å². The van der Waals surface area contributed by atoms with E-state index in [9.17, 15) is 4.79 Å². The molecule has 1 fully saturated rings. The number of thiazole rings is 2. The molecule has 1 saturated heterocycles. The van der Waals surface area contributed by atoms with Crippen molar-refractivity contribution in [2.45, 2.75) is 19.4 Å². The molecule has 0 unspecified atom stereocenters. The van der Waals surface area contributed by atoms with Gasteiger partial charge < -0.3 is 16.0 Å². The smallest absolute Gasteiger partial charge is 0.275 e. The molecule has 26 heavy (non-hydrogen) atoms. The van der Waals surface area contributed by atoms with Gasteiger partial charge in [0.25, 0.3) is 5.91 Å². The zero-order valence-electron chi connectivity index (χ0n) is 13.8. The highest BCUT2D eigenvalue weighted by Crippen LogP contribution is 2.32. The van der Waals surface area contributed by atoms with E-state index in [1.165, 1.54) is 24.2 Å². The molecule has 10 heteroatoms. The van der Waals surface area contributed by atoms with Gasteiger partial charge in [-0.25, -0.2) is 9.97 Å². The number of nitrogens with two attached hydrogens (primary N) is 1. The summed E-state index contributed by atoms with van der Waals surface area (Å²) in [6.07, 6.45) is 2.46. The average molecular weight is 432 g/mol. The third kappa shape index (κ3) is 4.27. The Hall–Kier alpha value is -1.45. The summed E-state index contributed by atoms with van der Waals surface area (Å²) in [5.74, 6) is -0.213. The Balaban J connectivity index is 0.00000121. The summed E-state index contributed by atoms with van der Waals surface area (Å²) in [5.41, 5.74) is 7.67. The number of rotatable bonds is 4. The number of carbonyl (C=O) groups excluding carboxylic acids is 1. The molecule has 1 amide bonds. The normalized spacial score (nSPS) is 13.3. The number of amides is 1. The third-order valence-corrected chi connectivity index (χ3v) is 5.92. The zero-order chi connectivity index (χ0) is 16.5. The van der Waals surface area contributed by atoms with Gasteiger partial charge in [0.05, 0.1) is 10.2 Å². The first-order valence-electron chi connectivity index (χ1n) is 7.84. The fourth-order valence-corrected chi connectivity index (χ4v) is 4.45. The third-order valence-electron chi connectivity index (χ3n) is 3.97. The highest BCUT2D eigenvalue weighted by Gasteiger charge is 2.17. The number of halogens is 2. The summed E-state index contributed by atoms with van der Waals surface area (Å²) in [4.78, 5) is 23.5. The number of hydrogen-bond donors (Lipinski definition) is 2. The quantitative estimate of drug-likeness (QED) is 0.653. The molecule has 4 rings (SSSR count). The van der Waals surface area contributed by atoms with Crippen LogP contribution < -0.4 is 16.0 Å². The molecule has 2 aromatic heterocycles. The number of hydrogen-bond acceptors (Lipinski definition) is 7. The molecule has 0 bridgehead atoms. The maximum atomic E-state index is 12.3. The predicted octanol–water partition coefficient (Wildman–Crippen LogP) is 3.91. The lowest BCUT2D eigenvalue weighted by Gasteiger charge is -2.11. The van der Waals surface area contributed by atoms with Crippen LogP contribution in [0, 0.1) is 0 Å². The van der Waals surface area contributed by atoms with Crippen molar-refractivity contribution in [1.29, 1.82) is 0 Å². The van der Waals surface area contributed by atoms with Crippen LogP contribution in [0.4, 0.5) is 10.8 Å². The minimum absolute atomic E-state index is 0. The van der Waals surface area contributed by atoms with Gasteiger partial charge in [-0.2, -0.15) is 0 Å². The average Bonchev–Trinajstić information content (AvgIpc) is 3.32. The molecule has 0 atom stereocenters. The van der Waals surface area contributed by atoms with Crippen molar-refractivity contribution in [2.75, 3.05) is 23.3 Å². The van der Waals surface area contributed by atoms with Crippen LogP contribution in [-0.2, 0) is 6.54 Å². The van der Waals surface area contributed by atoms with E-state index < -0.39 is 0 Å². The second-order valence-corrected chi connectivity index (χ2v) is 7.61. The molecule has 140 valence electrons. The second kappa shape index (κ2) is 8.96. The predicted molar refractivity (Wildman–Crippen MR) is 114 cm³/mol. The van der Waals surface area contributed by atoms with Crippen molar-refractivity contribution in [1.82, 2.24) is 9.97 Å². The van der Waals surface area contributed by atoms with Gasteiger partial charge in [0.2, 0.25) is 0 Å². The van der Waals surface area contributed by atoms with Gasteiger partial charge in [0.1, 0.15) is 10.7 Å². The summed E-state index contributed by atoms with van der Waals surface area (Å²) >= 11 is 3.07. The van der Waals surface area contributed by atoms with Gasteiger partial charge in [-0.1, -0.05) is 11.3 Å². The molecular weight excluding hydrogens is 413 g/mol. The molecule has 1 aliphatic heterocycles. The number of benzene rings is 1. The van der Waals surface area contributed by atoms with Crippen molar-refractivity contribution in [2.24, 2.45) is 5.73 Å². The van der Waals surface area contributed by atoms with Gasteiger partial charge >= 0.3 is 0 Å². The van der Waals surface area contributed by atoms with Crippen molar-refractivity contribution in [3.8, 4) is 0 Å². The molecule has 3 N–H and O–H groups in total. The van der Waals surface area contributed by atoms with Gasteiger partial charge in [0, 0.05) is 30.7 Å². The number of nitrogens with zero attached hydrogens (tertiary/aromatic N) is 3. The first-order chi connectivity index (χ1) is 11.7. The topological polar surface area (TPSA) is 84.1 Å². The molecule has 0 radical (unpaired) electrons. The molecule has 1 aromatic carbocycles. The monoisotopic (exact) mass is 431 g/mol. The van der Waals surface area contributed by atoms with Crippen molar-refractivity contribution >= 4 is 74.4 Å². The number of anilines is 2. The summed E-state index contributed by atoms with van der Waals surface area (Å²) in [5, 5.41) is 6.45. The SMILES string of the molecule is Cl.Cl.NCc1nc(C(=O)Nc2ccc3nc(N4CCCC4)sc3c2)cs1. The highest BCUT2D eigenvalue weighted by molar-refractivity contribution is 7.22. The van der Waals surface area contributed by atoms with Crippen LogP contribution in [0.1, 0.15) is 28.3 Å². The first kappa shape index (κ1) is 20.9. The van der Waals surface area contributed by atoms with E-state index in [1.54, 1.807) is 16.7 Å². The van der Waals surface area contributed by atoms with E-state index in [0.29, 0.717) is 12.2 Å². The van der Waals surface area contributed by atoms with Crippen LogP contribution in [0.5, 0.6) is 0 Å². The lowest BCUT2D eigenvalue weighted by molar-refractivity contribution is 0.102. The zero-order valence-corrected chi connectivity index (χ0v) is 17.1. The molecule has 0 aliphatic carbocycles. The van der Waals surface area contributed by atoms with Gasteiger partial charge in [-0.3, -0.25) is 4.79 Å². The Kier molecular flexibility index (Phi) is 7.19. The van der Waals surface area contributed by atoms with E-state index >= 15 is 0 Å². The van der Waals surface area contributed by atoms with Crippen molar-refractivity contribution in [3.05, 3.63) is 34.3 Å². The summed E-state index contributed by atoms with van der Waals surface area (Å²) < 4.78 is 1.08. The first-order valence-corrected chi connectivity index (χ1v) is 9.54. The fraction of sp³-hybridized carbons (Fsp3) is 0.312. The van der Waals surface area contributed by atoms with Crippen LogP contribution >= 0.6 is 47.5 Å². The van der Waals surface area contributed by atoms with Crippen LogP contribution in [-0.4, -0.2) is 29.0 Å². The highest BCUT2D eigenvalue weighted by atomic mass is 35.5. The Bertz CT molecular complexity index is 892. The van der Waals surface area contributed by atoms with E-state index in [-0.39, 0.29) is 30.7 Å². The standard InChI is InChI=1S/C16H17N5OS2.2ClH/c17-8-14-19-12(9-23-14)15(22)18-10-3-4-11-13(7-10)24-16(20-11)21-5-1-2-6-21;;/h3-4,7,9H,1-2,5-6,8,17H2,(H,18,22);2*1H. The van der Waals surface area contributed by atoms with Crippen LogP contribution in [0.25, 0.3) is 10.2 Å². The van der Waals surface area contributed by atoms with Crippen molar-refractivity contribution < 1.29 is 4.79 Å². The molecule has 3 aromatic rings. The van der Waals surface area contributed by atoms with Crippen molar-refractivity contribution in [3.63, 3.8) is 0 Å². The lowest BCUT2D eigenvalue weighted by Crippen LogP contribution is -2.16.